The van der Waals surface area contributed by atoms with Crippen molar-refractivity contribution < 1.29 is 53.8 Å². The number of nitrogens with zero attached hydrogens (tertiary/aromatic N) is 2. The van der Waals surface area contributed by atoms with Crippen LogP contribution in [-0.2, 0) is 34.6 Å². The molecule has 14 heteroatoms. The van der Waals surface area contributed by atoms with Gasteiger partial charge in [-0.3, -0.25) is 9.69 Å². The van der Waals surface area contributed by atoms with Crippen LogP contribution in [0.1, 0.15) is 79.8 Å². The van der Waals surface area contributed by atoms with Gasteiger partial charge in [-0.25, -0.2) is 4.79 Å². The molecular formula is C29H29F9N2O3. The largest absolute Gasteiger partial charge is 0.449 e. The fraction of sp³-hybridized carbons (Fsp3) is 0.517. The summed E-state index contributed by atoms with van der Waals surface area (Å²) in [5, 5.41) is 0. The number of carbonyl (C=O) groups excluding carboxylic acids is 2. The van der Waals surface area contributed by atoms with Crippen LogP contribution in [0.2, 0.25) is 0 Å². The monoisotopic (exact) mass is 624 g/mol. The van der Waals surface area contributed by atoms with Gasteiger partial charge in [0.15, 0.2) is 0 Å². The number of halogens is 9. The van der Waals surface area contributed by atoms with E-state index in [-0.39, 0.29) is 36.3 Å². The third kappa shape index (κ3) is 7.04. The molecule has 1 saturated carbocycles. The Bertz CT molecular complexity index is 1320. The summed E-state index contributed by atoms with van der Waals surface area (Å²) in [4.78, 5) is 28.4. The SMILES string of the molecule is CCCOC(=O)N1c2ccc(C(F)(F)F)cc2[C@H](N(Cc2cc(C(F)(F)F)cc(C(F)(F)F)c2)C(C)=O)C[C@@H]1C1CCC1. The molecule has 2 aromatic carbocycles. The third-order valence-electron chi connectivity index (χ3n) is 7.87. The molecule has 2 aromatic rings. The third-order valence-corrected chi connectivity index (χ3v) is 7.87. The fourth-order valence-electron chi connectivity index (χ4n) is 5.62. The van der Waals surface area contributed by atoms with E-state index in [1.165, 1.54) is 4.90 Å². The molecule has 43 heavy (non-hydrogen) atoms. The highest BCUT2D eigenvalue weighted by molar-refractivity contribution is 5.91. The first kappa shape index (κ1) is 32.5. The van der Waals surface area contributed by atoms with Crippen LogP contribution < -0.4 is 4.90 Å². The Morgan fingerprint density at radius 1 is 0.884 bits per heavy atom. The lowest BCUT2D eigenvalue weighted by Gasteiger charge is -2.48. The predicted octanol–water partition coefficient (Wildman–Crippen LogP) is 8.76. The molecule has 0 N–H and O–H groups in total. The number of hydrogen-bond donors (Lipinski definition) is 0. The van der Waals surface area contributed by atoms with Gasteiger partial charge in [-0.1, -0.05) is 13.3 Å². The molecule has 5 nitrogen and oxygen atoms in total. The smallest absolute Gasteiger partial charge is 0.416 e. The molecule has 4 rings (SSSR count). The van der Waals surface area contributed by atoms with Crippen molar-refractivity contribution in [1.29, 1.82) is 0 Å². The van der Waals surface area contributed by atoms with Gasteiger partial charge >= 0.3 is 24.6 Å². The summed E-state index contributed by atoms with van der Waals surface area (Å²) in [5.74, 6) is -0.889. The molecule has 0 bridgehead atoms. The number of fused-ring (bicyclic) bond motifs is 1. The second-order valence-electron chi connectivity index (χ2n) is 10.8. The highest BCUT2D eigenvalue weighted by atomic mass is 19.4. The van der Waals surface area contributed by atoms with E-state index in [0.717, 1.165) is 36.4 Å². The van der Waals surface area contributed by atoms with Gasteiger partial charge in [0, 0.05) is 19.5 Å². The molecular weight excluding hydrogens is 595 g/mol. The minimum absolute atomic E-state index is 0.0357. The van der Waals surface area contributed by atoms with Gasteiger partial charge in [-0.15, -0.1) is 0 Å². The van der Waals surface area contributed by atoms with Crippen molar-refractivity contribution >= 4 is 17.7 Å². The van der Waals surface area contributed by atoms with Crippen molar-refractivity contribution in [2.45, 2.75) is 83.1 Å². The molecule has 2 aliphatic rings. The van der Waals surface area contributed by atoms with Gasteiger partial charge in [-0.2, -0.15) is 39.5 Å². The first-order valence-corrected chi connectivity index (χ1v) is 13.6. The molecule has 1 fully saturated rings. The second kappa shape index (κ2) is 11.9. The Balaban J connectivity index is 1.86. The molecule has 0 spiro atoms. The first-order chi connectivity index (χ1) is 19.9. The van der Waals surface area contributed by atoms with Crippen LogP contribution in [0.25, 0.3) is 0 Å². The standard InChI is InChI=1S/C29H29F9N2O3/c1-3-9-43-26(42)40-23-8-7-19(27(30,31)32)13-22(23)25(14-24(40)18-5-4-6-18)39(16(2)41)15-17-10-20(28(33,34)35)12-21(11-17)29(36,37)38/h7-8,10-13,18,24-25H,3-6,9,14-15H2,1-2H3/t24-,25-/m1/s1. The van der Waals surface area contributed by atoms with Crippen molar-refractivity contribution in [2.75, 3.05) is 11.5 Å². The maximum Gasteiger partial charge on any atom is 0.416 e. The van der Waals surface area contributed by atoms with Gasteiger partial charge in [0.2, 0.25) is 5.91 Å². The van der Waals surface area contributed by atoms with Gasteiger partial charge in [-0.05, 0) is 79.1 Å². The van der Waals surface area contributed by atoms with E-state index < -0.39 is 71.4 Å². The highest BCUT2D eigenvalue weighted by Crippen LogP contribution is 2.49. The van der Waals surface area contributed by atoms with Crippen LogP contribution in [-0.4, -0.2) is 29.5 Å². The van der Waals surface area contributed by atoms with Crippen LogP contribution in [0, 0.1) is 5.92 Å². The maximum absolute atomic E-state index is 13.8. The topological polar surface area (TPSA) is 49.9 Å². The van der Waals surface area contributed by atoms with E-state index in [0.29, 0.717) is 31.4 Å². The Morgan fingerprint density at radius 2 is 1.47 bits per heavy atom. The zero-order chi connectivity index (χ0) is 31.9. The molecule has 0 radical (unpaired) electrons. The Kier molecular flexibility index (Phi) is 8.99. The van der Waals surface area contributed by atoms with Crippen LogP contribution >= 0.6 is 0 Å². The second-order valence-corrected chi connectivity index (χ2v) is 10.8. The van der Waals surface area contributed by atoms with E-state index in [2.05, 4.69) is 0 Å². The van der Waals surface area contributed by atoms with Crippen molar-refractivity contribution in [3.05, 3.63) is 64.2 Å². The van der Waals surface area contributed by atoms with Gasteiger partial charge < -0.3 is 9.64 Å². The lowest BCUT2D eigenvalue weighted by Crippen LogP contribution is -2.53. The van der Waals surface area contributed by atoms with Crippen molar-refractivity contribution in [3.63, 3.8) is 0 Å². The lowest BCUT2D eigenvalue weighted by atomic mass is 9.74. The average Bonchev–Trinajstić information content (AvgIpc) is 2.86. The number of rotatable bonds is 6. The molecule has 1 aliphatic heterocycles. The number of anilines is 1. The minimum atomic E-state index is -5.13. The highest BCUT2D eigenvalue weighted by Gasteiger charge is 2.46. The van der Waals surface area contributed by atoms with Gasteiger partial charge in [0.05, 0.1) is 35.0 Å². The number of hydrogen-bond acceptors (Lipinski definition) is 3. The van der Waals surface area contributed by atoms with E-state index >= 15 is 0 Å². The van der Waals surface area contributed by atoms with Gasteiger partial charge in [0.25, 0.3) is 0 Å². The van der Waals surface area contributed by atoms with Crippen LogP contribution in [0.4, 0.5) is 50.0 Å². The molecule has 2 atom stereocenters. The Hall–Kier alpha value is -3.45. The quantitative estimate of drug-likeness (QED) is 0.302. The number of alkyl halides is 9. The number of ether oxygens (including phenoxy) is 1. The molecule has 1 heterocycles. The predicted molar refractivity (Wildman–Crippen MR) is 137 cm³/mol. The number of amides is 2. The fourth-order valence-corrected chi connectivity index (χ4v) is 5.62. The number of carbonyl (C=O) groups is 2. The Labute approximate surface area is 241 Å². The summed E-state index contributed by atoms with van der Waals surface area (Å²) in [7, 11) is 0. The van der Waals surface area contributed by atoms with Crippen molar-refractivity contribution in [2.24, 2.45) is 5.92 Å². The Morgan fingerprint density at radius 3 is 1.93 bits per heavy atom. The summed E-state index contributed by atoms with van der Waals surface area (Å²) in [6.45, 7) is 2.09. The zero-order valence-electron chi connectivity index (χ0n) is 23.2. The molecule has 1 aliphatic carbocycles. The summed E-state index contributed by atoms with van der Waals surface area (Å²) in [6.07, 6.45) is -13.3. The molecule has 0 aromatic heterocycles. The molecule has 0 saturated heterocycles. The minimum Gasteiger partial charge on any atom is -0.449 e. The van der Waals surface area contributed by atoms with E-state index in [1.807, 2.05) is 0 Å². The zero-order valence-corrected chi connectivity index (χ0v) is 23.2. The first-order valence-electron chi connectivity index (χ1n) is 13.6. The molecule has 236 valence electrons. The van der Waals surface area contributed by atoms with Gasteiger partial charge in [0.1, 0.15) is 0 Å². The van der Waals surface area contributed by atoms with E-state index in [4.69, 9.17) is 4.74 Å². The summed E-state index contributed by atoms with van der Waals surface area (Å²) in [6, 6.07) is 1.73. The molecule has 2 amide bonds. The van der Waals surface area contributed by atoms with E-state index in [1.54, 1.807) is 6.92 Å². The van der Waals surface area contributed by atoms with E-state index in [9.17, 15) is 49.1 Å². The van der Waals surface area contributed by atoms with Crippen LogP contribution in [0.3, 0.4) is 0 Å². The summed E-state index contributed by atoms with van der Waals surface area (Å²) >= 11 is 0. The molecule has 0 unspecified atom stereocenters. The van der Waals surface area contributed by atoms with Crippen LogP contribution in [0.5, 0.6) is 0 Å². The average molecular weight is 625 g/mol. The normalized spacial score (nSPS) is 19.5. The van der Waals surface area contributed by atoms with Crippen molar-refractivity contribution in [3.8, 4) is 0 Å². The maximum atomic E-state index is 13.8. The summed E-state index contributed by atoms with van der Waals surface area (Å²) in [5.41, 5.74) is -4.84. The number of benzene rings is 2. The summed E-state index contributed by atoms with van der Waals surface area (Å²) < 4.78 is 128. The van der Waals surface area contributed by atoms with Crippen molar-refractivity contribution in [1.82, 2.24) is 4.90 Å². The van der Waals surface area contributed by atoms with Crippen LogP contribution in [0.15, 0.2) is 36.4 Å². The lowest BCUT2D eigenvalue weighted by molar-refractivity contribution is -0.143.